The van der Waals surface area contributed by atoms with Crippen molar-refractivity contribution in [3.63, 3.8) is 0 Å². The molecule has 3 fully saturated rings. The number of nitrogens with one attached hydrogen (secondary N) is 1. The Kier molecular flexibility index (Phi) is 2.64. The summed E-state index contributed by atoms with van der Waals surface area (Å²) in [5, 5.41) is 3.15. The van der Waals surface area contributed by atoms with E-state index in [1.54, 1.807) is 0 Å². The van der Waals surface area contributed by atoms with E-state index < -0.39 is 0 Å². The molecule has 0 spiro atoms. The van der Waals surface area contributed by atoms with Gasteiger partial charge in [-0.1, -0.05) is 30.3 Å². The van der Waals surface area contributed by atoms with E-state index in [0.717, 1.165) is 36.6 Å². The maximum Gasteiger partial charge on any atom is 0.223 e. The van der Waals surface area contributed by atoms with Crippen LogP contribution in [0.1, 0.15) is 24.8 Å². The maximum absolute atomic E-state index is 12.2. The van der Waals surface area contributed by atoms with Crippen molar-refractivity contribution in [1.82, 2.24) is 5.32 Å². The molecule has 4 atom stereocenters. The predicted molar refractivity (Wildman–Crippen MR) is 74.5 cm³/mol. The third kappa shape index (κ3) is 1.89. The van der Waals surface area contributed by atoms with Crippen LogP contribution < -0.4 is 5.32 Å². The Bertz CT molecular complexity index is 467. The molecule has 19 heavy (non-hydrogen) atoms. The van der Waals surface area contributed by atoms with Crippen molar-refractivity contribution in [2.75, 3.05) is 6.54 Å². The third-order valence-corrected chi connectivity index (χ3v) is 5.59. The first-order valence-corrected chi connectivity index (χ1v) is 7.66. The molecular formula is C17H21NO. The number of rotatable bonds is 4. The number of benzene rings is 1. The van der Waals surface area contributed by atoms with Gasteiger partial charge in [-0.2, -0.15) is 0 Å². The minimum absolute atomic E-state index is 0.336. The molecule has 3 saturated carbocycles. The zero-order valence-electron chi connectivity index (χ0n) is 11.2. The van der Waals surface area contributed by atoms with E-state index in [9.17, 15) is 4.79 Å². The maximum atomic E-state index is 12.2. The predicted octanol–water partition coefficient (Wildman–Crippen LogP) is 2.64. The van der Waals surface area contributed by atoms with Gasteiger partial charge >= 0.3 is 0 Å². The van der Waals surface area contributed by atoms with E-state index in [2.05, 4.69) is 29.6 Å². The van der Waals surface area contributed by atoms with Crippen molar-refractivity contribution < 1.29 is 4.79 Å². The summed E-state index contributed by atoms with van der Waals surface area (Å²) >= 11 is 0. The monoisotopic (exact) mass is 255 g/mol. The molecule has 4 rings (SSSR count). The number of amides is 1. The highest BCUT2D eigenvalue weighted by molar-refractivity contribution is 5.82. The molecule has 0 heterocycles. The normalized spacial score (nSPS) is 38.0. The lowest BCUT2D eigenvalue weighted by atomic mass is 10.0. The summed E-state index contributed by atoms with van der Waals surface area (Å²) in [6.07, 6.45) is 5.14. The average molecular weight is 255 g/mol. The number of fused-ring (bicyclic) bond motifs is 5. The van der Waals surface area contributed by atoms with Gasteiger partial charge in [0.2, 0.25) is 5.91 Å². The van der Waals surface area contributed by atoms with Crippen LogP contribution in [0, 0.1) is 29.6 Å². The Hall–Kier alpha value is -1.31. The molecule has 0 aliphatic heterocycles. The fourth-order valence-corrected chi connectivity index (χ4v) is 4.77. The Morgan fingerprint density at radius 3 is 2.47 bits per heavy atom. The molecule has 2 nitrogen and oxygen atoms in total. The zero-order chi connectivity index (χ0) is 12.8. The number of hydrogen-bond donors (Lipinski definition) is 1. The molecule has 0 radical (unpaired) electrons. The molecule has 1 N–H and O–H groups in total. The van der Waals surface area contributed by atoms with E-state index in [4.69, 9.17) is 0 Å². The first kappa shape index (κ1) is 11.5. The molecule has 3 aliphatic carbocycles. The molecule has 1 amide bonds. The van der Waals surface area contributed by atoms with E-state index in [1.165, 1.54) is 24.8 Å². The Morgan fingerprint density at radius 1 is 1.11 bits per heavy atom. The summed E-state index contributed by atoms with van der Waals surface area (Å²) in [5.41, 5.74) is 1.30. The fraction of sp³-hybridized carbons (Fsp3) is 0.588. The minimum Gasteiger partial charge on any atom is -0.356 e. The molecule has 0 saturated heterocycles. The molecule has 2 heteroatoms. The summed E-state index contributed by atoms with van der Waals surface area (Å²) < 4.78 is 0. The second kappa shape index (κ2) is 4.36. The third-order valence-electron chi connectivity index (χ3n) is 5.59. The summed E-state index contributed by atoms with van der Waals surface area (Å²) in [4.78, 5) is 12.2. The van der Waals surface area contributed by atoms with Crippen molar-refractivity contribution >= 4 is 5.91 Å². The summed E-state index contributed by atoms with van der Waals surface area (Å²) in [6.45, 7) is 0.786. The van der Waals surface area contributed by atoms with Crippen molar-refractivity contribution in [2.24, 2.45) is 29.6 Å². The van der Waals surface area contributed by atoms with Gasteiger partial charge in [-0.05, 0) is 54.9 Å². The van der Waals surface area contributed by atoms with E-state index in [-0.39, 0.29) is 0 Å². The molecule has 100 valence electrons. The van der Waals surface area contributed by atoms with Crippen LogP contribution in [0.25, 0.3) is 0 Å². The van der Waals surface area contributed by atoms with Crippen LogP contribution in [0.2, 0.25) is 0 Å². The Morgan fingerprint density at radius 2 is 1.79 bits per heavy atom. The standard InChI is InChI=1S/C17H21NO/c19-17(18-9-8-11-4-2-1-3-5-11)16-14-12-6-7-13(10-12)15(14)16/h1-5,12-16H,6-10H2,(H,18,19). The van der Waals surface area contributed by atoms with Crippen molar-refractivity contribution in [3.05, 3.63) is 35.9 Å². The van der Waals surface area contributed by atoms with Gasteiger partial charge in [-0.25, -0.2) is 0 Å². The fourth-order valence-electron chi connectivity index (χ4n) is 4.77. The summed E-state index contributed by atoms with van der Waals surface area (Å²) in [6, 6.07) is 10.4. The van der Waals surface area contributed by atoms with Gasteiger partial charge in [-0.15, -0.1) is 0 Å². The molecule has 3 aliphatic rings. The molecule has 1 aromatic rings. The largest absolute Gasteiger partial charge is 0.356 e. The zero-order valence-corrected chi connectivity index (χ0v) is 11.2. The Labute approximate surface area is 114 Å². The van der Waals surface area contributed by atoms with Crippen molar-refractivity contribution in [1.29, 1.82) is 0 Å². The lowest BCUT2D eigenvalue weighted by Crippen LogP contribution is -2.29. The first-order valence-electron chi connectivity index (χ1n) is 7.66. The van der Waals surface area contributed by atoms with Crippen molar-refractivity contribution in [3.8, 4) is 0 Å². The van der Waals surface area contributed by atoms with Gasteiger partial charge in [0.1, 0.15) is 0 Å². The Balaban J connectivity index is 1.27. The highest BCUT2D eigenvalue weighted by atomic mass is 16.2. The smallest absolute Gasteiger partial charge is 0.223 e. The van der Waals surface area contributed by atoms with Crippen molar-refractivity contribution in [2.45, 2.75) is 25.7 Å². The van der Waals surface area contributed by atoms with Crippen LogP contribution >= 0.6 is 0 Å². The topological polar surface area (TPSA) is 29.1 Å². The number of hydrogen-bond acceptors (Lipinski definition) is 1. The van der Waals surface area contributed by atoms with Gasteiger partial charge in [-0.3, -0.25) is 4.79 Å². The minimum atomic E-state index is 0.336. The quantitative estimate of drug-likeness (QED) is 0.880. The number of carbonyl (C=O) groups is 1. The molecule has 0 aromatic heterocycles. The van der Waals surface area contributed by atoms with E-state index >= 15 is 0 Å². The van der Waals surface area contributed by atoms with Gasteiger partial charge in [0.15, 0.2) is 0 Å². The van der Waals surface area contributed by atoms with Gasteiger partial charge in [0.05, 0.1) is 0 Å². The molecule has 1 aromatic carbocycles. The first-order chi connectivity index (χ1) is 9.34. The summed E-state index contributed by atoms with van der Waals surface area (Å²) in [7, 11) is 0. The van der Waals surface area contributed by atoms with Crippen LogP contribution in [-0.4, -0.2) is 12.5 Å². The number of carbonyl (C=O) groups excluding carboxylic acids is 1. The highest BCUT2D eigenvalue weighted by Crippen LogP contribution is 2.69. The van der Waals surface area contributed by atoms with Crippen LogP contribution in [-0.2, 0) is 11.2 Å². The van der Waals surface area contributed by atoms with Crippen LogP contribution in [0.5, 0.6) is 0 Å². The second-order valence-corrected chi connectivity index (χ2v) is 6.54. The van der Waals surface area contributed by atoms with Crippen LogP contribution in [0.4, 0.5) is 0 Å². The SMILES string of the molecule is O=C(NCCc1ccccc1)C1C2C3CCC(C3)C12. The molecule has 4 unspecified atom stereocenters. The van der Waals surface area contributed by atoms with E-state index in [1.807, 2.05) is 6.07 Å². The van der Waals surface area contributed by atoms with Gasteiger partial charge in [0.25, 0.3) is 0 Å². The molecular weight excluding hydrogens is 234 g/mol. The lowest BCUT2D eigenvalue weighted by Gasteiger charge is -2.09. The van der Waals surface area contributed by atoms with Crippen LogP contribution in [0.15, 0.2) is 30.3 Å². The van der Waals surface area contributed by atoms with E-state index in [0.29, 0.717) is 11.8 Å². The van der Waals surface area contributed by atoms with Crippen LogP contribution in [0.3, 0.4) is 0 Å². The lowest BCUT2D eigenvalue weighted by molar-refractivity contribution is -0.123. The summed E-state index contributed by atoms with van der Waals surface area (Å²) in [5.74, 6) is 4.01. The van der Waals surface area contributed by atoms with Gasteiger partial charge < -0.3 is 5.32 Å². The molecule has 2 bridgehead atoms. The second-order valence-electron chi connectivity index (χ2n) is 6.54. The van der Waals surface area contributed by atoms with Gasteiger partial charge in [0, 0.05) is 12.5 Å². The average Bonchev–Trinajstić information content (AvgIpc) is 2.89. The highest BCUT2D eigenvalue weighted by Gasteiger charge is 2.67.